The van der Waals surface area contributed by atoms with Crippen molar-refractivity contribution in [2.75, 3.05) is 0 Å². The van der Waals surface area contributed by atoms with Crippen molar-refractivity contribution in [2.24, 2.45) is 0 Å². The molecule has 3 heteroatoms. The molecule has 2 aromatic heterocycles. The molecule has 3 heterocycles. The summed E-state index contributed by atoms with van der Waals surface area (Å²) in [7, 11) is 0. The minimum absolute atomic E-state index is 0.0326. The molecule has 8 aromatic rings. The van der Waals surface area contributed by atoms with E-state index in [1.807, 2.05) is 6.07 Å². The Morgan fingerprint density at radius 2 is 1.16 bits per heavy atom. The number of hydrogen-bond acceptors (Lipinski definition) is 2. The van der Waals surface area contributed by atoms with E-state index in [0.717, 1.165) is 50.3 Å². The lowest BCUT2D eigenvalue weighted by Gasteiger charge is -2.35. The second kappa shape index (κ2) is 10.4. The van der Waals surface area contributed by atoms with Crippen molar-refractivity contribution in [1.29, 1.82) is 0 Å². The molecule has 3 nitrogen and oxygen atoms in total. The van der Waals surface area contributed by atoms with E-state index < -0.39 is 0 Å². The molecular formula is C47H43NO2. The van der Waals surface area contributed by atoms with Crippen LogP contribution in [0.25, 0.3) is 60.6 Å². The number of para-hydroxylation sites is 3. The molecule has 6 aromatic carbocycles. The van der Waals surface area contributed by atoms with Gasteiger partial charge in [0, 0.05) is 54.9 Å². The van der Waals surface area contributed by atoms with Gasteiger partial charge in [-0.15, -0.1) is 0 Å². The molecule has 0 saturated carbocycles. The second-order valence-electron chi connectivity index (χ2n) is 16.7. The summed E-state index contributed by atoms with van der Waals surface area (Å²) in [6.45, 7) is 18.3. The first-order chi connectivity index (χ1) is 23.8. The average Bonchev–Trinajstić information content (AvgIpc) is 3.62. The molecule has 0 unspecified atom stereocenters. The van der Waals surface area contributed by atoms with E-state index in [4.69, 9.17) is 9.15 Å². The molecule has 50 heavy (non-hydrogen) atoms. The summed E-state index contributed by atoms with van der Waals surface area (Å²) in [5.41, 5.74) is 12.1. The number of hydrogen-bond donors (Lipinski definition) is 0. The lowest BCUT2D eigenvalue weighted by molar-refractivity contribution is 0.419. The molecule has 0 spiro atoms. The molecule has 0 atom stereocenters. The Kier molecular flexibility index (Phi) is 6.38. The van der Waals surface area contributed by atoms with Gasteiger partial charge < -0.3 is 13.7 Å². The smallest absolute Gasteiger partial charge is 0.143 e. The van der Waals surface area contributed by atoms with Gasteiger partial charge in [0.1, 0.15) is 22.7 Å². The Labute approximate surface area is 294 Å². The van der Waals surface area contributed by atoms with Crippen LogP contribution in [-0.4, -0.2) is 4.57 Å². The van der Waals surface area contributed by atoms with Crippen LogP contribution in [0.3, 0.4) is 0 Å². The number of rotatable bonds is 2. The van der Waals surface area contributed by atoms with Gasteiger partial charge in [-0.1, -0.05) is 122 Å². The van der Waals surface area contributed by atoms with Crippen molar-refractivity contribution < 1.29 is 9.15 Å². The summed E-state index contributed by atoms with van der Waals surface area (Å²) < 4.78 is 16.0. The molecule has 0 N–H and O–H groups in total. The third-order valence-electron chi connectivity index (χ3n) is 11.0. The van der Waals surface area contributed by atoms with Crippen LogP contribution in [0.1, 0.15) is 77.6 Å². The quantitative estimate of drug-likeness (QED) is 0.186. The maximum absolute atomic E-state index is 6.83. The fourth-order valence-corrected chi connectivity index (χ4v) is 8.05. The van der Waals surface area contributed by atoms with E-state index in [-0.39, 0.29) is 16.2 Å². The van der Waals surface area contributed by atoms with Gasteiger partial charge in [0.25, 0.3) is 0 Å². The number of nitrogens with zero attached hydrogens (tertiary/aromatic N) is 1. The van der Waals surface area contributed by atoms with Crippen LogP contribution in [0.15, 0.2) is 120 Å². The standard InChI is InChI=1S/C47H43NO2/c1-45(2,3)28-20-22-39-33(24-28)34-25-29(46(4,5)6)21-23-40(34)48(39)30-26-35-31-14-9-11-18-41(31)49-43(35)36(27-30)32-15-13-17-38-44(32)50-42-19-12-10-16-37(42)47(38,7)8/h9-27H,1-8H3. The first-order valence-electron chi connectivity index (χ1n) is 17.8. The highest BCUT2D eigenvalue weighted by Crippen LogP contribution is 2.52. The van der Waals surface area contributed by atoms with E-state index in [9.17, 15) is 0 Å². The Hall–Kier alpha value is -5.28. The van der Waals surface area contributed by atoms with Crippen molar-refractivity contribution >= 4 is 43.7 Å². The van der Waals surface area contributed by atoms with Gasteiger partial charge in [0.05, 0.1) is 11.0 Å². The highest BCUT2D eigenvalue weighted by molar-refractivity contribution is 6.13. The maximum atomic E-state index is 6.83. The number of fused-ring (bicyclic) bond motifs is 8. The third kappa shape index (κ3) is 4.49. The van der Waals surface area contributed by atoms with Crippen LogP contribution >= 0.6 is 0 Å². The van der Waals surface area contributed by atoms with E-state index in [1.165, 1.54) is 44.1 Å². The molecule has 0 aliphatic carbocycles. The van der Waals surface area contributed by atoms with Crippen molar-refractivity contribution in [2.45, 2.75) is 71.6 Å². The fraction of sp³-hybridized carbons (Fsp3) is 0.234. The van der Waals surface area contributed by atoms with Gasteiger partial charge in [-0.05, 0) is 70.5 Å². The predicted octanol–water partition coefficient (Wildman–Crippen LogP) is 13.4. The van der Waals surface area contributed by atoms with E-state index in [0.29, 0.717) is 0 Å². The molecule has 0 bridgehead atoms. The zero-order valence-corrected chi connectivity index (χ0v) is 30.2. The van der Waals surface area contributed by atoms with Crippen LogP contribution in [0.4, 0.5) is 0 Å². The van der Waals surface area contributed by atoms with Crippen LogP contribution in [0.2, 0.25) is 0 Å². The summed E-state index contributed by atoms with van der Waals surface area (Å²) in [4.78, 5) is 0. The number of furan rings is 1. The maximum Gasteiger partial charge on any atom is 0.143 e. The minimum Gasteiger partial charge on any atom is -0.456 e. The minimum atomic E-state index is -0.229. The van der Waals surface area contributed by atoms with Gasteiger partial charge in [0.15, 0.2) is 0 Å². The average molecular weight is 654 g/mol. The summed E-state index contributed by atoms with van der Waals surface area (Å²) in [6, 6.07) is 42.0. The van der Waals surface area contributed by atoms with Crippen molar-refractivity contribution in [3.8, 4) is 28.3 Å². The molecular weight excluding hydrogens is 611 g/mol. The first-order valence-corrected chi connectivity index (χ1v) is 17.8. The Bertz CT molecular complexity index is 2600. The van der Waals surface area contributed by atoms with Gasteiger partial charge in [-0.2, -0.15) is 0 Å². The SMILES string of the molecule is CC(C)(C)c1ccc2c(c1)c1cc(C(C)(C)C)ccc1n2-c1cc(-c2cccc3c2Oc2ccccc2C3(C)C)c2oc3ccccc3c2c1. The zero-order valence-electron chi connectivity index (χ0n) is 30.2. The van der Waals surface area contributed by atoms with Crippen LogP contribution in [0, 0.1) is 0 Å². The molecule has 0 fully saturated rings. The third-order valence-corrected chi connectivity index (χ3v) is 11.0. The normalized spacial score (nSPS) is 14.3. The van der Waals surface area contributed by atoms with Gasteiger partial charge in [-0.3, -0.25) is 0 Å². The summed E-state index contributed by atoms with van der Waals surface area (Å²) in [6.07, 6.45) is 0. The largest absolute Gasteiger partial charge is 0.456 e. The second-order valence-corrected chi connectivity index (χ2v) is 16.7. The van der Waals surface area contributed by atoms with Gasteiger partial charge in [0.2, 0.25) is 0 Å². The Balaban J connectivity index is 1.38. The Morgan fingerprint density at radius 1 is 0.540 bits per heavy atom. The monoisotopic (exact) mass is 653 g/mol. The lowest BCUT2D eigenvalue weighted by Crippen LogP contribution is -2.24. The number of benzene rings is 6. The van der Waals surface area contributed by atoms with E-state index in [1.54, 1.807) is 0 Å². The van der Waals surface area contributed by atoms with Gasteiger partial charge in [-0.25, -0.2) is 0 Å². The number of ether oxygens (including phenoxy) is 1. The molecule has 1 aliphatic rings. The molecule has 248 valence electrons. The molecule has 0 radical (unpaired) electrons. The van der Waals surface area contributed by atoms with Crippen LogP contribution in [-0.2, 0) is 16.2 Å². The van der Waals surface area contributed by atoms with Crippen molar-refractivity contribution in [3.05, 3.63) is 138 Å². The topological polar surface area (TPSA) is 27.3 Å². The Morgan fingerprint density at radius 3 is 1.84 bits per heavy atom. The van der Waals surface area contributed by atoms with Gasteiger partial charge >= 0.3 is 0 Å². The predicted molar refractivity (Wildman–Crippen MR) is 210 cm³/mol. The van der Waals surface area contributed by atoms with Crippen LogP contribution < -0.4 is 4.74 Å². The molecule has 1 aliphatic heterocycles. The van der Waals surface area contributed by atoms with Crippen molar-refractivity contribution in [3.63, 3.8) is 0 Å². The lowest BCUT2D eigenvalue weighted by atomic mass is 9.75. The molecule has 0 saturated heterocycles. The fourth-order valence-electron chi connectivity index (χ4n) is 8.05. The van der Waals surface area contributed by atoms with E-state index >= 15 is 0 Å². The number of aromatic nitrogens is 1. The highest BCUT2D eigenvalue weighted by atomic mass is 16.5. The first kappa shape index (κ1) is 30.8. The van der Waals surface area contributed by atoms with Crippen molar-refractivity contribution in [1.82, 2.24) is 4.57 Å². The molecule has 9 rings (SSSR count). The molecule has 0 amide bonds. The zero-order chi connectivity index (χ0) is 34.7. The summed E-state index contributed by atoms with van der Waals surface area (Å²) >= 11 is 0. The highest BCUT2D eigenvalue weighted by Gasteiger charge is 2.36. The summed E-state index contributed by atoms with van der Waals surface area (Å²) in [5.74, 6) is 1.79. The summed E-state index contributed by atoms with van der Waals surface area (Å²) in [5, 5.41) is 4.74. The van der Waals surface area contributed by atoms with E-state index in [2.05, 4.69) is 169 Å². The van der Waals surface area contributed by atoms with Crippen LogP contribution in [0.5, 0.6) is 11.5 Å².